The monoisotopic (exact) mass is 231 g/mol. The normalized spacial score (nSPS) is 11.1. The first-order chi connectivity index (χ1) is 7.47. The third kappa shape index (κ3) is 2.53. The average molecular weight is 231 g/mol. The molecular formula is C11H12F3NO. The van der Waals surface area contributed by atoms with E-state index < -0.39 is 11.7 Å². The van der Waals surface area contributed by atoms with Gasteiger partial charge in [0, 0.05) is 6.92 Å². The van der Waals surface area contributed by atoms with Gasteiger partial charge in [-0.05, 0) is 18.2 Å². The second kappa shape index (κ2) is 4.55. The summed E-state index contributed by atoms with van der Waals surface area (Å²) in [6, 6.07) is 3.23. The van der Waals surface area contributed by atoms with Gasteiger partial charge in [-0.1, -0.05) is 13.8 Å². The van der Waals surface area contributed by atoms with Crippen LogP contribution in [-0.2, 0) is 6.18 Å². The molecule has 0 atom stereocenters. The summed E-state index contributed by atoms with van der Waals surface area (Å²) in [5.74, 6) is 0.360. The van der Waals surface area contributed by atoms with Crippen LogP contribution < -0.4 is 0 Å². The molecule has 0 spiro atoms. The average Bonchev–Trinajstić information content (AvgIpc) is 2.58. The maximum Gasteiger partial charge on any atom is 0.416 e. The van der Waals surface area contributed by atoms with E-state index in [0.717, 1.165) is 12.1 Å². The van der Waals surface area contributed by atoms with Gasteiger partial charge in [0.25, 0.3) is 0 Å². The molecule has 0 saturated carbocycles. The Bertz CT molecular complexity index is 474. The van der Waals surface area contributed by atoms with E-state index in [1.165, 1.54) is 6.07 Å². The SMILES string of the molecule is CC.Cc1nc2cc(C(F)(F)F)ccc2o1. The molecule has 0 aliphatic carbocycles. The maximum atomic E-state index is 12.3. The fourth-order valence-corrected chi connectivity index (χ4v) is 1.22. The molecule has 16 heavy (non-hydrogen) atoms. The van der Waals surface area contributed by atoms with Crippen molar-refractivity contribution in [1.29, 1.82) is 0 Å². The molecule has 0 unspecified atom stereocenters. The van der Waals surface area contributed by atoms with Crippen LogP contribution in [0.1, 0.15) is 25.3 Å². The highest BCUT2D eigenvalue weighted by atomic mass is 19.4. The fraction of sp³-hybridized carbons (Fsp3) is 0.364. The molecule has 0 aliphatic rings. The predicted octanol–water partition coefficient (Wildman–Crippen LogP) is 4.18. The Labute approximate surface area is 91.1 Å². The van der Waals surface area contributed by atoms with E-state index in [1.807, 2.05) is 13.8 Å². The smallest absolute Gasteiger partial charge is 0.416 e. The molecule has 88 valence electrons. The Morgan fingerprint density at radius 2 is 1.81 bits per heavy atom. The molecule has 0 radical (unpaired) electrons. The first-order valence-electron chi connectivity index (χ1n) is 4.91. The highest BCUT2D eigenvalue weighted by Crippen LogP contribution is 2.31. The van der Waals surface area contributed by atoms with Gasteiger partial charge >= 0.3 is 6.18 Å². The highest BCUT2D eigenvalue weighted by molar-refractivity contribution is 5.73. The molecule has 0 bridgehead atoms. The number of aromatic nitrogens is 1. The Morgan fingerprint density at radius 1 is 1.19 bits per heavy atom. The van der Waals surface area contributed by atoms with Crippen LogP contribution in [0.4, 0.5) is 13.2 Å². The zero-order chi connectivity index (χ0) is 12.3. The van der Waals surface area contributed by atoms with Crippen molar-refractivity contribution in [1.82, 2.24) is 4.98 Å². The number of oxazole rings is 1. The maximum absolute atomic E-state index is 12.3. The lowest BCUT2D eigenvalue weighted by atomic mass is 10.2. The molecule has 1 heterocycles. The largest absolute Gasteiger partial charge is 0.441 e. The van der Waals surface area contributed by atoms with Gasteiger partial charge in [-0.15, -0.1) is 0 Å². The molecule has 0 amide bonds. The van der Waals surface area contributed by atoms with Crippen molar-refractivity contribution >= 4 is 11.1 Å². The van der Waals surface area contributed by atoms with E-state index in [4.69, 9.17) is 4.42 Å². The summed E-state index contributed by atoms with van der Waals surface area (Å²) in [6.45, 7) is 5.59. The van der Waals surface area contributed by atoms with E-state index in [-0.39, 0.29) is 5.52 Å². The summed E-state index contributed by atoms with van der Waals surface area (Å²) >= 11 is 0. The van der Waals surface area contributed by atoms with E-state index >= 15 is 0 Å². The Morgan fingerprint density at radius 3 is 2.38 bits per heavy atom. The third-order valence-electron chi connectivity index (χ3n) is 1.82. The molecule has 5 heteroatoms. The van der Waals surface area contributed by atoms with Crippen molar-refractivity contribution < 1.29 is 17.6 Å². The van der Waals surface area contributed by atoms with Crippen molar-refractivity contribution in [3.05, 3.63) is 29.7 Å². The molecular weight excluding hydrogens is 219 g/mol. The summed E-state index contributed by atoms with van der Waals surface area (Å²) in [5, 5.41) is 0. The fourth-order valence-electron chi connectivity index (χ4n) is 1.22. The van der Waals surface area contributed by atoms with Gasteiger partial charge in [0.05, 0.1) is 5.56 Å². The number of hydrogen-bond acceptors (Lipinski definition) is 2. The van der Waals surface area contributed by atoms with Crippen LogP contribution in [0.2, 0.25) is 0 Å². The van der Waals surface area contributed by atoms with Gasteiger partial charge in [-0.25, -0.2) is 4.98 Å². The summed E-state index contributed by atoms with van der Waals surface area (Å²) in [6.07, 6.45) is -4.33. The van der Waals surface area contributed by atoms with E-state index in [9.17, 15) is 13.2 Å². The molecule has 2 rings (SSSR count). The second-order valence-corrected chi connectivity index (χ2v) is 2.91. The number of halogens is 3. The lowest BCUT2D eigenvalue weighted by molar-refractivity contribution is -0.137. The van der Waals surface area contributed by atoms with Gasteiger partial charge in [-0.3, -0.25) is 0 Å². The van der Waals surface area contributed by atoms with Gasteiger partial charge < -0.3 is 4.42 Å². The predicted molar refractivity (Wildman–Crippen MR) is 55.1 cm³/mol. The zero-order valence-electron chi connectivity index (χ0n) is 9.22. The van der Waals surface area contributed by atoms with Gasteiger partial charge in [0.2, 0.25) is 0 Å². The van der Waals surface area contributed by atoms with E-state index in [1.54, 1.807) is 6.92 Å². The van der Waals surface area contributed by atoms with Crippen LogP contribution >= 0.6 is 0 Å². The Balaban J connectivity index is 0.000000606. The van der Waals surface area contributed by atoms with Crippen LogP contribution in [0.5, 0.6) is 0 Å². The number of benzene rings is 1. The second-order valence-electron chi connectivity index (χ2n) is 2.91. The topological polar surface area (TPSA) is 26.0 Å². The first-order valence-corrected chi connectivity index (χ1v) is 4.91. The van der Waals surface area contributed by atoms with Gasteiger partial charge in [-0.2, -0.15) is 13.2 Å². The van der Waals surface area contributed by atoms with Crippen molar-refractivity contribution in [2.45, 2.75) is 26.9 Å². The molecule has 0 N–H and O–H groups in total. The van der Waals surface area contributed by atoms with Crippen molar-refractivity contribution in [2.24, 2.45) is 0 Å². The summed E-state index contributed by atoms with van der Waals surface area (Å²) in [5.41, 5.74) is -0.105. The van der Waals surface area contributed by atoms with Crippen LogP contribution in [0.3, 0.4) is 0 Å². The van der Waals surface area contributed by atoms with Crippen molar-refractivity contribution in [2.75, 3.05) is 0 Å². The Hall–Kier alpha value is -1.52. The summed E-state index contributed by atoms with van der Waals surface area (Å²) in [4.78, 5) is 3.82. The van der Waals surface area contributed by atoms with E-state index in [0.29, 0.717) is 11.5 Å². The van der Waals surface area contributed by atoms with Crippen molar-refractivity contribution in [3.8, 4) is 0 Å². The molecule has 1 aromatic carbocycles. The minimum atomic E-state index is -4.33. The van der Waals surface area contributed by atoms with Crippen LogP contribution in [-0.4, -0.2) is 4.98 Å². The molecule has 0 saturated heterocycles. The van der Waals surface area contributed by atoms with Gasteiger partial charge in [0.15, 0.2) is 11.5 Å². The minimum absolute atomic E-state index is 0.234. The summed E-state index contributed by atoms with van der Waals surface area (Å²) in [7, 11) is 0. The number of fused-ring (bicyclic) bond motifs is 1. The Kier molecular flexibility index (Phi) is 3.57. The first kappa shape index (κ1) is 12.5. The molecule has 0 fully saturated rings. The van der Waals surface area contributed by atoms with Crippen molar-refractivity contribution in [3.63, 3.8) is 0 Å². The van der Waals surface area contributed by atoms with E-state index in [2.05, 4.69) is 4.98 Å². The molecule has 0 aliphatic heterocycles. The third-order valence-corrected chi connectivity index (χ3v) is 1.82. The number of hydrogen-bond donors (Lipinski definition) is 0. The number of alkyl halides is 3. The number of rotatable bonds is 0. The minimum Gasteiger partial charge on any atom is -0.441 e. The molecule has 2 nitrogen and oxygen atoms in total. The van der Waals surface area contributed by atoms with Gasteiger partial charge in [0.1, 0.15) is 5.52 Å². The molecule has 2 aromatic rings. The zero-order valence-corrected chi connectivity index (χ0v) is 9.22. The number of aryl methyl sites for hydroxylation is 1. The van der Waals surface area contributed by atoms with Crippen LogP contribution in [0.15, 0.2) is 22.6 Å². The van der Waals surface area contributed by atoms with Crippen LogP contribution in [0, 0.1) is 6.92 Å². The quantitative estimate of drug-likeness (QED) is 0.679. The number of nitrogens with zero attached hydrogens (tertiary/aromatic N) is 1. The van der Waals surface area contributed by atoms with Crippen LogP contribution in [0.25, 0.3) is 11.1 Å². The lowest BCUT2D eigenvalue weighted by Crippen LogP contribution is -2.03. The standard InChI is InChI=1S/C9H6F3NO.C2H6/c1-5-13-7-4-6(9(10,11)12)2-3-8(7)14-5;1-2/h2-4H,1H3;1-2H3. The lowest BCUT2D eigenvalue weighted by Gasteiger charge is -2.04. The highest BCUT2D eigenvalue weighted by Gasteiger charge is 2.30. The molecule has 1 aromatic heterocycles. The summed E-state index contributed by atoms with van der Waals surface area (Å²) < 4.78 is 41.8.